The minimum absolute atomic E-state index is 0.154. The van der Waals surface area contributed by atoms with Crippen LogP contribution < -0.4 is 10.1 Å². The number of amides is 1. The van der Waals surface area contributed by atoms with Gasteiger partial charge in [-0.05, 0) is 64.2 Å². The van der Waals surface area contributed by atoms with Gasteiger partial charge in [0.05, 0.1) is 17.9 Å². The lowest BCUT2D eigenvalue weighted by Gasteiger charge is -2.11. The van der Waals surface area contributed by atoms with Gasteiger partial charge in [0, 0.05) is 11.4 Å². The fourth-order valence-electron chi connectivity index (χ4n) is 4.16. The highest BCUT2D eigenvalue weighted by atomic mass is 32.2. The van der Waals surface area contributed by atoms with E-state index in [0.29, 0.717) is 41.3 Å². The number of rotatable bonds is 10. The van der Waals surface area contributed by atoms with Crippen molar-refractivity contribution in [3.05, 3.63) is 51.2 Å². The maximum atomic E-state index is 12.8. The van der Waals surface area contributed by atoms with Gasteiger partial charge in [-0.1, -0.05) is 29.5 Å². The molecule has 1 aliphatic rings. The average molecular weight is 515 g/mol. The molecule has 1 amide bonds. The van der Waals surface area contributed by atoms with Crippen LogP contribution in [0.25, 0.3) is 0 Å². The SMILES string of the molecule is CCOC(=O)c1c(NC(=O)CSc2nnc(COc3ccc(C)cc3C)n2CC)sc2c1CCC2. The maximum Gasteiger partial charge on any atom is 0.341 e. The van der Waals surface area contributed by atoms with Crippen molar-refractivity contribution in [2.45, 2.75) is 65.3 Å². The summed E-state index contributed by atoms with van der Waals surface area (Å²) in [6.45, 7) is 9.11. The molecule has 8 nitrogen and oxygen atoms in total. The van der Waals surface area contributed by atoms with Crippen LogP contribution in [0.5, 0.6) is 5.75 Å². The van der Waals surface area contributed by atoms with Crippen LogP contribution in [0.3, 0.4) is 0 Å². The van der Waals surface area contributed by atoms with Gasteiger partial charge in [-0.25, -0.2) is 4.79 Å². The van der Waals surface area contributed by atoms with Gasteiger partial charge in [0.2, 0.25) is 5.91 Å². The summed E-state index contributed by atoms with van der Waals surface area (Å²) in [7, 11) is 0. The summed E-state index contributed by atoms with van der Waals surface area (Å²) in [6.07, 6.45) is 2.81. The van der Waals surface area contributed by atoms with Gasteiger partial charge >= 0.3 is 5.97 Å². The molecule has 35 heavy (non-hydrogen) atoms. The van der Waals surface area contributed by atoms with Crippen molar-refractivity contribution in [2.75, 3.05) is 17.7 Å². The van der Waals surface area contributed by atoms with Crippen molar-refractivity contribution in [1.29, 1.82) is 0 Å². The number of nitrogens with zero attached hydrogens (tertiary/aromatic N) is 3. The van der Waals surface area contributed by atoms with Crippen LogP contribution in [0, 0.1) is 13.8 Å². The summed E-state index contributed by atoms with van der Waals surface area (Å²) in [6, 6.07) is 6.06. The first-order valence-electron chi connectivity index (χ1n) is 11.8. The molecule has 4 rings (SSSR count). The third-order valence-corrected chi connectivity index (χ3v) is 7.96. The Morgan fingerprint density at radius 1 is 1.20 bits per heavy atom. The van der Waals surface area contributed by atoms with Crippen molar-refractivity contribution in [1.82, 2.24) is 14.8 Å². The number of aromatic nitrogens is 3. The lowest BCUT2D eigenvalue weighted by atomic mass is 10.1. The van der Waals surface area contributed by atoms with Gasteiger partial charge in [-0.3, -0.25) is 4.79 Å². The van der Waals surface area contributed by atoms with Crippen LogP contribution in [0.4, 0.5) is 5.00 Å². The van der Waals surface area contributed by atoms with E-state index in [1.54, 1.807) is 6.92 Å². The Balaban J connectivity index is 1.39. The fourth-order valence-corrected chi connectivity index (χ4v) is 6.27. The highest BCUT2D eigenvalue weighted by molar-refractivity contribution is 7.99. The van der Waals surface area contributed by atoms with E-state index in [4.69, 9.17) is 9.47 Å². The van der Waals surface area contributed by atoms with Crippen molar-refractivity contribution in [3.8, 4) is 5.75 Å². The lowest BCUT2D eigenvalue weighted by molar-refractivity contribution is -0.113. The Labute approximate surface area is 213 Å². The summed E-state index contributed by atoms with van der Waals surface area (Å²) in [5, 5.41) is 12.7. The molecule has 0 spiro atoms. The highest BCUT2D eigenvalue weighted by Crippen LogP contribution is 2.39. The van der Waals surface area contributed by atoms with Gasteiger partial charge in [0.25, 0.3) is 0 Å². The standard InChI is InChI=1S/C25H30N4O4S2/c1-5-29-20(13-33-18-11-10-15(3)12-16(18)4)27-28-25(29)34-14-21(30)26-23-22(24(31)32-6-2)17-8-7-9-19(17)35-23/h10-12H,5-9,13-14H2,1-4H3,(H,26,30). The second kappa shape index (κ2) is 11.3. The van der Waals surface area contributed by atoms with E-state index in [9.17, 15) is 9.59 Å². The molecule has 0 saturated carbocycles. The number of anilines is 1. The number of fused-ring (bicyclic) bond motifs is 1. The van der Waals surface area contributed by atoms with E-state index in [0.717, 1.165) is 41.0 Å². The average Bonchev–Trinajstić information content (AvgIpc) is 3.51. The molecule has 1 N–H and O–H groups in total. The topological polar surface area (TPSA) is 95.3 Å². The Morgan fingerprint density at radius 3 is 2.77 bits per heavy atom. The zero-order valence-corrected chi connectivity index (χ0v) is 22.1. The smallest absolute Gasteiger partial charge is 0.341 e. The zero-order valence-electron chi connectivity index (χ0n) is 20.5. The molecule has 2 aromatic heterocycles. The van der Waals surface area contributed by atoms with Gasteiger partial charge in [-0.15, -0.1) is 21.5 Å². The van der Waals surface area contributed by atoms with Crippen molar-refractivity contribution >= 4 is 40.0 Å². The molecule has 0 atom stereocenters. The van der Waals surface area contributed by atoms with Crippen LogP contribution in [0.1, 0.15) is 58.0 Å². The first-order valence-corrected chi connectivity index (χ1v) is 13.6. The van der Waals surface area contributed by atoms with E-state index in [1.165, 1.54) is 28.7 Å². The Bertz CT molecular complexity index is 1230. The number of thiophene rings is 1. The molecule has 186 valence electrons. The first kappa shape index (κ1) is 25.2. The first-order chi connectivity index (χ1) is 16.9. The number of aryl methyl sites for hydroxylation is 3. The number of hydrogen-bond acceptors (Lipinski definition) is 8. The molecule has 1 aliphatic carbocycles. The monoisotopic (exact) mass is 514 g/mol. The van der Waals surface area contributed by atoms with E-state index < -0.39 is 0 Å². The molecular formula is C25H30N4O4S2. The summed E-state index contributed by atoms with van der Waals surface area (Å²) >= 11 is 2.79. The van der Waals surface area contributed by atoms with E-state index in [1.807, 2.05) is 37.5 Å². The van der Waals surface area contributed by atoms with Crippen molar-refractivity contribution < 1.29 is 19.1 Å². The van der Waals surface area contributed by atoms with Gasteiger partial charge in [0.15, 0.2) is 11.0 Å². The summed E-state index contributed by atoms with van der Waals surface area (Å²) in [4.78, 5) is 26.5. The molecule has 0 aliphatic heterocycles. The molecule has 0 bridgehead atoms. The molecule has 0 fully saturated rings. The van der Waals surface area contributed by atoms with Crippen LogP contribution in [0.15, 0.2) is 23.4 Å². The second-order valence-electron chi connectivity index (χ2n) is 8.32. The minimum atomic E-state index is -0.367. The van der Waals surface area contributed by atoms with Gasteiger partial charge < -0.3 is 19.4 Å². The third kappa shape index (κ3) is 5.70. The van der Waals surface area contributed by atoms with Crippen molar-refractivity contribution in [2.24, 2.45) is 0 Å². The molecule has 10 heteroatoms. The number of nitrogens with one attached hydrogen (secondary N) is 1. The van der Waals surface area contributed by atoms with Crippen LogP contribution >= 0.6 is 23.1 Å². The second-order valence-corrected chi connectivity index (χ2v) is 10.4. The van der Waals surface area contributed by atoms with Crippen molar-refractivity contribution in [3.63, 3.8) is 0 Å². The number of benzene rings is 1. The maximum absolute atomic E-state index is 12.8. The Hall–Kier alpha value is -2.85. The molecule has 3 aromatic rings. The number of hydrogen-bond donors (Lipinski definition) is 1. The zero-order chi connectivity index (χ0) is 24.9. The number of carbonyl (C=O) groups excluding carboxylic acids is 2. The van der Waals surface area contributed by atoms with Crippen LogP contribution in [0.2, 0.25) is 0 Å². The molecule has 0 radical (unpaired) electrons. The van der Waals surface area contributed by atoms with E-state index in [2.05, 4.69) is 21.6 Å². The third-order valence-electron chi connectivity index (χ3n) is 5.78. The van der Waals surface area contributed by atoms with Crippen LogP contribution in [-0.4, -0.2) is 39.0 Å². The number of thioether (sulfide) groups is 1. The number of carbonyl (C=O) groups is 2. The Morgan fingerprint density at radius 2 is 2.03 bits per heavy atom. The normalized spacial score (nSPS) is 12.5. The lowest BCUT2D eigenvalue weighted by Crippen LogP contribution is -2.17. The molecule has 0 unspecified atom stereocenters. The van der Waals surface area contributed by atoms with E-state index in [-0.39, 0.29) is 17.6 Å². The number of esters is 1. The summed E-state index contributed by atoms with van der Waals surface area (Å²) < 4.78 is 13.2. The van der Waals surface area contributed by atoms with Crippen LogP contribution in [-0.2, 0) is 35.5 Å². The summed E-state index contributed by atoms with van der Waals surface area (Å²) in [5.74, 6) is 1.11. The molecular weight excluding hydrogens is 484 g/mol. The highest BCUT2D eigenvalue weighted by Gasteiger charge is 2.28. The molecule has 2 heterocycles. The summed E-state index contributed by atoms with van der Waals surface area (Å²) in [5.41, 5.74) is 3.80. The minimum Gasteiger partial charge on any atom is -0.485 e. The van der Waals surface area contributed by atoms with E-state index >= 15 is 0 Å². The molecule has 1 aromatic carbocycles. The molecule has 0 saturated heterocycles. The predicted octanol–water partition coefficient (Wildman–Crippen LogP) is 4.95. The fraction of sp³-hybridized carbons (Fsp3) is 0.440. The quantitative estimate of drug-likeness (QED) is 0.302. The predicted molar refractivity (Wildman–Crippen MR) is 138 cm³/mol. The van der Waals surface area contributed by atoms with Gasteiger partial charge in [-0.2, -0.15) is 0 Å². The number of ether oxygens (including phenoxy) is 2. The van der Waals surface area contributed by atoms with Gasteiger partial charge in [0.1, 0.15) is 17.4 Å². The Kier molecular flexibility index (Phi) is 8.12. The largest absolute Gasteiger partial charge is 0.485 e.